The molecule has 0 saturated carbocycles. The molecule has 2 heterocycles. The summed E-state index contributed by atoms with van der Waals surface area (Å²) in [6.07, 6.45) is 3.74. The zero-order valence-corrected chi connectivity index (χ0v) is 15.0. The molecular weight excluding hydrogens is 349 g/mol. The van der Waals surface area contributed by atoms with E-state index >= 15 is 0 Å². The second-order valence-electron chi connectivity index (χ2n) is 5.94. The summed E-state index contributed by atoms with van der Waals surface area (Å²) < 4.78 is 13.2. The van der Waals surface area contributed by atoms with Crippen LogP contribution in [0.5, 0.6) is 0 Å². The lowest BCUT2D eigenvalue weighted by Gasteiger charge is -2.25. The van der Waals surface area contributed by atoms with Crippen molar-refractivity contribution in [3.05, 3.63) is 44.6 Å². The van der Waals surface area contributed by atoms with E-state index in [4.69, 9.17) is 11.6 Å². The highest BCUT2D eigenvalue weighted by Gasteiger charge is 2.18. The van der Waals surface area contributed by atoms with Crippen LogP contribution in [0.2, 0.25) is 5.02 Å². The Morgan fingerprint density at radius 1 is 1.38 bits per heavy atom. The molecule has 1 aromatic carbocycles. The molecule has 24 heavy (non-hydrogen) atoms. The number of nitrogens with zero attached hydrogens (tertiary/aromatic N) is 2. The molecule has 1 fully saturated rings. The van der Waals surface area contributed by atoms with Crippen LogP contribution in [0.3, 0.4) is 0 Å². The third kappa shape index (κ3) is 4.12. The number of carbonyl (C=O) groups excluding carboxylic acids is 1. The molecule has 4 nitrogen and oxygen atoms in total. The van der Waals surface area contributed by atoms with Crippen molar-refractivity contribution in [2.75, 3.05) is 18.4 Å². The Kier molecular flexibility index (Phi) is 5.48. The second-order valence-corrected chi connectivity index (χ2v) is 7.43. The van der Waals surface area contributed by atoms with Crippen molar-refractivity contribution in [2.45, 2.75) is 32.7 Å². The number of anilines is 1. The topological polar surface area (TPSA) is 45.2 Å². The zero-order chi connectivity index (χ0) is 17.1. The fourth-order valence-electron chi connectivity index (χ4n) is 2.80. The van der Waals surface area contributed by atoms with Gasteiger partial charge in [-0.2, -0.15) is 0 Å². The van der Waals surface area contributed by atoms with Gasteiger partial charge in [0.1, 0.15) is 15.7 Å². The highest BCUT2D eigenvalue weighted by Crippen LogP contribution is 2.24. The highest BCUT2D eigenvalue weighted by molar-refractivity contribution is 7.13. The van der Waals surface area contributed by atoms with Gasteiger partial charge in [-0.05, 0) is 51.1 Å². The average Bonchev–Trinajstić information content (AvgIpc) is 2.92. The molecule has 0 bridgehead atoms. The Balaban J connectivity index is 1.69. The minimum Gasteiger partial charge on any atom is -0.321 e. The van der Waals surface area contributed by atoms with Crippen LogP contribution >= 0.6 is 22.9 Å². The first-order valence-electron chi connectivity index (χ1n) is 7.98. The summed E-state index contributed by atoms with van der Waals surface area (Å²) in [6.45, 7) is 4.81. The van der Waals surface area contributed by atoms with Gasteiger partial charge >= 0.3 is 0 Å². The molecule has 128 valence electrons. The van der Waals surface area contributed by atoms with E-state index in [0.717, 1.165) is 30.3 Å². The smallest absolute Gasteiger partial charge is 0.267 e. The van der Waals surface area contributed by atoms with Gasteiger partial charge in [0.05, 0.1) is 17.3 Å². The van der Waals surface area contributed by atoms with E-state index in [1.807, 2.05) is 6.92 Å². The van der Waals surface area contributed by atoms with E-state index in [1.165, 1.54) is 48.8 Å². The third-order valence-corrected chi connectivity index (χ3v) is 5.46. The molecule has 2 aromatic rings. The summed E-state index contributed by atoms with van der Waals surface area (Å²) in [7, 11) is 0. The van der Waals surface area contributed by atoms with E-state index < -0.39 is 5.82 Å². The van der Waals surface area contributed by atoms with Gasteiger partial charge in [-0.15, -0.1) is 11.3 Å². The minimum absolute atomic E-state index is 0.0142. The maximum Gasteiger partial charge on any atom is 0.267 e. The van der Waals surface area contributed by atoms with Gasteiger partial charge in [0.15, 0.2) is 0 Å². The molecule has 1 aliphatic heterocycles. The molecule has 1 saturated heterocycles. The van der Waals surface area contributed by atoms with E-state index in [9.17, 15) is 9.18 Å². The Morgan fingerprint density at radius 2 is 2.12 bits per heavy atom. The molecule has 0 unspecified atom stereocenters. The number of hydrogen-bond donors (Lipinski definition) is 1. The molecule has 3 rings (SSSR count). The quantitative estimate of drug-likeness (QED) is 0.866. The van der Waals surface area contributed by atoms with Crippen molar-refractivity contribution in [2.24, 2.45) is 0 Å². The molecule has 7 heteroatoms. The number of amides is 1. The number of likely N-dealkylation sites (tertiary alicyclic amines) is 1. The Bertz CT molecular complexity index is 743. The summed E-state index contributed by atoms with van der Waals surface area (Å²) in [4.78, 5) is 19.9. The maximum atomic E-state index is 13.2. The largest absolute Gasteiger partial charge is 0.321 e. The average molecular weight is 368 g/mol. The maximum absolute atomic E-state index is 13.2. The van der Waals surface area contributed by atoms with Crippen molar-refractivity contribution in [1.82, 2.24) is 9.88 Å². The Labute approximate surface area is 149 Å². The Morgan fingerprint density at radius 3 is 2.83 bits per heavy atom. The lowest BCUT2D eigenvalue weighted by atomic mass is 10.1. The molecule has 1 aromatic heterocycles. The number of rotatable bonds is 4. The molecule has 1 aliphatic rings. The van der Waals surface area contributed by atoms with Crippen LogP contribution in [-0.4, -0.2) is 28.9 Å². The van der Waals surface area contributed by atoms with Crippen LogP contribution in [0.4, 0.5) is 10.1 Å². The number of benzene rings is 1. The van der Waals surface area contributed by atoms with Crippen molar-refractivity contribution >= 4 is 34.5 Å². The van der Waals surface area contributed by atoms with Crippen LogP contribution in [0.25, 0.3) is 0 Å². The van der Waals surface area contributed by atoms with Gasteiger partial charge in [0, 0.05) is 5.69 Å². The molecule has 0 spiro atoms. The van der Waals surface area contributed by atoms with Gasteiger partial charge in [0.2, 0.25) is 0 Å². The number of hydrogen-bond acceptors (Lipinski definition) is 4. The number of nitrogens with one attached hydrogen (secondary N) is 1. The van der Waals surface area contributed by atoms with Crippen LogP contribution in [0, 0.1) is 12.7 Å². The SMILES string of the molecule is Cc1nc(CN2CCCCC2)sc1C(=O)Nc1ccc(F)c(Cl)c1. The highest BCUT2D eigenvalue weighted by atomic mass is 35.5. The molecule has 0 radical (unpaired) electrons. The predicted octanol–water partition coefficient (Wildman–Crippen LogP) is 4.48. The summed E-state index contributed by atoms with van der Waals surface area (Å²) in [5.41, 5.74) is 1.19. The van der Waals surface area contributed by atoms with Crippen LogP contribution < -0.4 is 5.32 Å². The van der Waals surface area contributed by atoms with E-state index in [2.05, 4.69) is 15.2 Å². The normalized spacial score (nSPS) is 15.5. The first kappa shape index (κ1) is 17.3. The third-order valence-electron chi connectivity index (χ3n) is 4.03. The van der Waals surface area contributed by atoms with Crippen LogP contribution in [0.1, 0.15) is 39.6 Å². The van der Waals surface area contributed by atoms with Crippen molar-refractivity contribution in [3.63, 3.8) is 0 Å². The summed E-state index contributed by atoms with van der Waals surface area (Å²) in [5.74, 6) is -0.745. The predicted molar refractivity (Wildman–Crippen MR) is 95.3 cm³/mol. The summed E-state index contributed by atoms with van der Waals surface area (Å²) >= 11 is 7.16. The molecule has 1 amide bonds. The monoisotopic (exact) mass is 367 g/mol. The van der Waals surface area contributed by atoms with Crippen molar-refractivity contribution in [3.8, 4) is 0 Å². The minimum atomic E-state index is -0.507. The standard InChI is InChI=1S/C17H19ClFN3OS/c1-11-16(17(23)21-12-5-6-14(19)13(18)9-12)24-15(20-11)10-22-7-3-2-4-8-22/h5-6,9H,2-4,7-8,10H2,1H3,(H,21,23). The van der Waals surface area contributed by atoms with Gasteiger partial charge in [0.25, 0.3) is 5.91 Å². The van der Waals surface area contributed by atoms with Gasteiger partial charge in [-0.25, -0.2) is 9.37 Å². The number of halogens is 2. The lowest BCUT2D eigenvalue weighted by molar-refractivity contribution is 0.103. The molecule has 0 atom stereocenters. The number of aromatic nitrogens is 1. The fraction of sp³-hybridized carbons (Fsp3) is 0.412. The first-order chi connectivity index (χ1) is 11.5. The lowest BCUT2D eigenvalue weighted by Crippen LogP contribution is -2.28. The Hall–Kier alpha value is -1.50. The number of carbonyl (C=O) groups is 1. The van der Waals surface area contributed by atoms with E-state index in [-0.39, 0.29) is 10.9 Å². The zero-order valence-electron chi connectivity index (χ0n) is 13.4. The number of aryl methyl sites for hydroxylation is 1. The second kappa shape index (κ2) is 7.59. The van der Waals surface area contributed by atoms with Crippen LogP contribution in [0.15, 0.2) is 18.2 Å². The van der Waals surface area contributed by atoms with E-state index in [0.29, 0.717) is 10.6 Å². The van der Waals surface area contributed by atoms with Crippen molar-refractivity contribution in [1.29, 1.82) is 0 Å². The van der Waals surface area contributed by atoms with Gasteiger partial charge in [-0.1, -0.05) is 18.0 Å². The van der Waals surface area contributed by atoms with E-state index in [1.54, 1.807) is 0 Å². The molecular formula is C17H19ClFN3OS. The van der Waals surface area contributed by atoms with Crippen molar-refractivity contribution < 1.29 is 9.18 Å². The summed E-state index contributed by atoms with van der Waals surface area (Å²) in [5, 5.41) is 3.69. The number of piperidine rings is 1. The molecule has 1 N–H and O–H groups in total. The molecule has 0 aliphatic carbocycles. The van der Waals surface area contributed by atoms with Crippen LogP contribution in [-0.2, 0) is 6.54 Å². The first-order valence-corrected chi connectivity index (χ1v) is 9.17. The van der Waals surface area contributed by atoms with Gasteiger partial charge < -0.3 is 5.32 Å². The summed E-state index contributed by atoms with van der Waals surface area (Å²) in [6, 6.07) is 4.13. The fourth-order valence-corrected chi connectivity index (χ4v) is 3.98. The number of thiazole rings is 1. The van der Waals surface area contributed by atoms with Gasteiger partial charge in [-0.3, -0.25) is 9.69 Å².